The van der Waals surface area contributed by atoms with Crippen molar-refractivity contribution in [1.82, 2.24) is 20.4 Å². The lowest BCUT2D eigenvalue weighted by atomic mass is 10.2. The fraction of sp³-hybridized carbons (Fsp3) is 0.118. The molecule has 2 heterocycles. The molecule has 25 heavy (non-hydrogen) atoms. The number of aromatic nitrogens is 3. The van der Waals surface area contributed by atoms with E-state index in [1.54, 1.807) is 23.4 Å². The number of hydrogen-bond acceptors (Lipinski definition) is 7. The molecule has 1 aromatic carbocycles. The summed E-state index contributed by atoms with van der Waals surface area (Å²) in [4.78, 5) is 26.9. The average molecular weight is 336 g/mol. The maximum atomic E-state index is 12.2. The Labute approximate surface area is 144 Å². The van der Waals surface area contributed by atoms with Crippen LogP contribution in [0.1, 0.15) is 0 Å². The number of methoxy groups -OCH3 is 1. The van der Waals surface area contributed by atoms with Gasteiger partial charge in [-0.1, -0.05) is 18.2 Å². The highest BCUT2D eigenvalue weighted by Gasteiger charge is 2.15. The number of pyridine rings is 1. The third kappa shape index (κ3) is 4.05. The Morgan fingerprint density at radius 2 is 2.00 bits per heavy atom. The fourth-order valence-corrected chi connectivity index (χ4v) is 2.24. The summed E-state index contributed by atoms with van der Waals surface area (Å²) in [6.07, 6.45) is 4.34. The minimum absolute atomic E-state index is 0.0316. The molecule has 8 nitrogen and oxygen atoms in total. The first-order valence-corrected chi connectivity index (χ1v) is 7.51. The molecule has 8 heteroatoms. The molecule has 0 radical (unpaired) electrons. The summed E-state index contributed by atoms with van der Waals surface area (Å²) in [6.45, 7) is 0.0316. The Bertz CT molecular complexity index is 884. The van der Waals surface area contributed by atoms with Gasteiger partial charge < -0.3 is 9.64 Å². The van der Waals surface area contributed by atoms with Gasteiger partial charge in [-0.05, 0) is 24.3 Å². The van der Waals surface area contributed by atoms with Crippen LogP contribution in [0.15, 0.2) is 60.0 Å². The van der Waals surface area contributed by atoms with Crippen LogP contribution in [0.5, 0.6) is 0 Å². The molecule has 0 unspecified atom stereocenters. The molecule has 1 N–H and O–H groups in total. The van der Waals surface area contributed by atoms with E-state index in [1.165, 1.54) is 7.11 Å². The number of fused-ring (bicyclic) bond motifs is 1. The normalized spacial score (nSPS) is 10.8. The van der Waals surface area contributed by atoms with Gasteiger partial charge in [0.1, 0.15) is 17.9 Å². The number of benzene rings is 1. The molecule has 0 saturated heterocycles. The van der Waals surface area contributed by atoms with Crippen molar-refractivity contribution in [3.63, 3.8) is 0 Å². The fourth-order valence-electron chi connectivity index (χ4n) is 2.24. The number of carbonyl (C=O) groups is 1. The molecular weight excluding hydrogens is 320 g/mol. The minimum atomic E-state index is -0.307. The molecule has 0 fully saturated rings. The van der Waals surface area contributed by atoms with E-state index in [2.05, 4.69) is 30.2 Å². The van der Waals surface area contributed by atoms with Crippen molar-refractivity contribution >= 4 is 35.0 Å². The Hall–Kier alpha value is -3.55. The molecule has 3 aromatic rings. The predicted molar refractivity (Wildman–Crippen MR) is 94.4 cm³/mol. The Balaban J connectivity index is 1.92. The molecule has 0 spiro atoms. The lowest BCUT2D eigenvalue weighted by Crippen LogP contribution is -2.32. The van der Waals surface area contributed by atoms with Crippen molar-refractivity contribution < 1.29 is 9.53 Å². The first-order valence-electron chi connectivity index (χ1n) is 7.51. The van der Waals surface area contributed by atoms with Crippen LogP contribution in [0.25, 0.3) is 11.2 Å². The molecule has 0 aliphatic rings. The summed E-state index contributed by atoms with van der Waals surface area (Å²) < 4.78 is 4.67. The van der Waals surface area contributed by atoms with E-state index in [-0.39, 0.29) is 12.5 Å². The quantitative estimate of drug-likeness (QED) is 0.420. The molecule has 3 rings (SSSR count). The summed E-state index contributed by atoms with van der Waals surface area (Å²) in [6, 6.07) is 13.1. The lowest BCUT2D eigenvalue weighted by molar-refractivity contribution is -0.119. The van der Waals surface area contributed by atoms with Crippen molar-refractivity contribution in [2.45, 2.75) is 0 Å². The highest BCUT2D eigenvalue weighted by atomic mass is 16.5. The zero-order valence-corrected chi connectivity index (χ0v) is 13.5. The van der Waals surface area contributed by atoms with Crippen LogP contribution in [0, 0.1) is 0 Å². The van der Waals surface area contributed by atoms with Crippen LogP contribution in [-0.2, 0) is 9.53 Å². The number of hydrogen-bond donors (Lipinski definition) is 1. The highest BCUT2D eigenvalue weighted by Crippen LogP contribution is 2.24. The van der Waals surface area contributed by atoms with Crippen LogP contribution < -0.4 is 10.3 Å². The summed E-state index contributed by atoms with van der Waals surface area (Å²) in [5.74, 6) is 0.281. The first-order chi connectivity index (χ1) is 12.3. The maximum absolute atomic E-state index is 12.2. The standard InChI is InChI=1S/C17H16N6O2/c1-25-12-20-22-16(24)11-23(13-5-3-2-4-6-13)15-8-7-14-17(21-15)19-10-9-18-14/h2-10,12H,11H2,1H3,(H,22,24). The maximum Gasteiger partial charge on any atom is 0.260 e. The molecule has 2 aromatic heterocycles. The van der Waals surface area contributed by atoms with Gasteiger partial charge in [-0.3, -0.25) is 9.78 Å². The third-order valence-corrected chi connectivity index (χ3v) is 3.31. The zero-order chi connectivity index (χ0) is 17.5. The summed E-state index contributed by atoms with van der Waals surface area (Å²) >= 11 is 0. The number of hydrazone groups is 1. The van der Waals surface area contributed by atoms with E-state index in [0.29, 0.717) is 17.0 Å². The minimum Gasteiger partial charge on any atom is -0.485 e. The Morgan fingerprint density at radius 1 is 1.20 bits per heavy atom. The van der Waals surface area contributed by atoms with E-state index >= 15 is 0 Å². The number of ether oxygens (including phenoxy) is 1. The van der Waals surface area contributed by atoms with E-state index in [4.69, 9.17) is 0 Å². The molecule has 0 aliphatic heterocycles. The van der Waals surface area contributed by atoms with Crippen LogP contribution >= 0.6 is 0 Å². The van der Waals surface area contributed by atoms with Gasteiger partial charge in [0.05, 0.1) is 7.11 Å². The number of para-hydroxylation sites is 1. The van der Waals surface area contributed by atoms with Crippen LogP contribution in [0.3, 0.4) is 0 Å². The molecule has 0 bridgehead atoms. The number of anilines is 2. The SMILES string of the molecule is COC=NNC(=O)CN(c1ccccc1)c1ccc2nccnc2n1. The molecule has 0 saturated carbocycles. The van der Waals surface area contributed by atoms with Gasteiger partial charge in [-0.15, -0.1) is 5.10 Å². The Kier molecular flexibility index (Phi) is 5.10. The molecule has 126 valence electrons. The van der Waals surface area contributed by atoms with E-state index in [1.807, 2.05) is 36.4 Å². The second-order valence-electron chi connectivity index (χ2n) is 5.00. The summed E-state index contributed by atoms with van der Waals surface area (Å²) in [5.41, 5.74) is 4.42. The molecular formula is C17H16N6O2. The van der Waals surface area contributed by atoms with Gasteiger partial charge in [-0.2, -0.15) is 0 Å². The van der Waals surface area contributed by atoms with Crippen molar-refractivity contribution in [2.24, 2.45) is 5.10 Å². The van der Waals surface area contributed by atoms with Crippen LogP contribution in [0.2, 0.25) is 0 Å². The number of carbonyl (C=O) groups excluding carboxylic acids is 1. The first kappa shape index (κ1) is 16.3. The van der Waals surface area contributed by atoms with Gasteiger partial charge in [0.25, 0.3) is 5.91 Å². The number of nitrogens with one attached hydrogen (secondary N) is 1. The van der Waals surface area contributed by atoms with E-state index < -0.39 is 0 Å². The van der Waals surface area contributed by atoms with Crippen molar-refractivity contribution in [1.29, 1.82) is 0 Å². The van der Waals surface area contributed by atoms with Crippen molar-refractivity contribution in [3.8, 4) is 0 Å². The van der Waals surface area contributed by atoms with Crippen molar-refractivity contribution in [2.75, 3.05) is 18.6 Å². The number of amides is 1. The van der Waals surface area contributed by atoms with E-state index in [0.717, 1.165) is 12.1 Å². The topological polar surface area (TPSA) is 92.6 Å². The number of rotatable bonds is 6. The highest BCUT2D eigenvalue weighted by molar-refractivity contribution is 5.84. The second-order valence-corrected chi connectivity index (χ2v) is 5.00. The van der Waals surface area contributed by atoms with E-state index in [9.17, 15) is 4.79 Å². The van der Waals surface area contributed by atoms with Gasteiger partial charge in [-0.25, -0.2) is 15.4 Å². The van der Waals surface area contributed by atoms with Crippen LogP contribution in [0.4, 0.5) is 11.5 Å². The average Bonchev–Trinajstić information content (AvgIpc) is 2.66. The predicted octanol–water partition coefficient (Wildman–Crippen LogP) is 1.87. The molecule has 0 atom stereocenters. The molecule has 1 amide bonds. The summed E-state index contributed by atoms with van der Waals surface area (Å²) in [7, 11) is 1.45. The largest absolute Gasteiger partial charge is 0.485 e. The van der Waals surface area contributed by atoms with Crippen molar-refractivity contribution in [3.05, 3.63) is 54.9 Å². The van der Waals surface area contributed by atoms with Gasteiger partial charge in [0.2, 0.25) is 0 Å². The monoisotopic (exact) mass is 336 g/mol. The number of nitrogens with zero attached hydrogens (tertiary/aromatic N) is 5. The Morgan fingerprint density at radius 3 is 2.80 bits per heavy atom. The summed E-state index contributed by atoms with van der Waals surface area (Å²) in [5, 5.41) is 3.66. The van der Waals surface area contributed by atoms with Gasteiger partial charge >= 0.3 is 0 Å². The zero-order valence-electron chi connectivity index (χ0n) is 13.5. The smallest absolute Gasteiger partial charge is 0.260 e. The van der Waals surface area contributed by atoms with Crippen LogP contribution in [-0.4, -0.2) is 40.9 Å². The van der Waals surface area contributed by atoms with Gasteiger partial charge in [0.15, 0.2) is 12.0 Å². The van der Waals surface area contributed by atoms with Gasteiger partial charge in [0, 0.05) is 18.1 Å². The lowest BCUT2D eigenvalue weighted by Gasteiger charge is -2.22. The third-order valence-electron chi connectivity index (χ3n) is 3.31. The molecule has 0 aliphatic carbocycles. The second kappa shape index (κ2) is 7.82.